The lowest BCUT2D eigenvalue weighted by Crippen LogP contribution is -2.11. The van der Waals surface area contributed by atoms with Gasteiger partial charge in [-0.2, -0.15) is 0 Å². The van der Waals surface area contributed by atoms with E-state index < -0.39 is 0 Å². The fourth-order valence-electron chi connectivity index (χ4n) is 2.18. The van der Waals surface area contributed by atoms with Gasteiger partial charge in [0.1, 0.15) is 0 Å². The van der Waals surface area contributed by atoms with Gasteiger partial charge in [0.15, 0.2) is 0 Å². The van der Waals surface area contributed by atoms with Crippen molar-refractivity contribution >= 4 is 34.2 Å². The molecule has 0 aliphatic carbocycles. The minimum atomic E-state index is -0.0965. The van der Waals surface area contributed by atoms with E-state index in [1.54, 1.807) is 0 Å². The maximum absolute atomic E-state index is 12.2. The Labute approximate surface area is 143 Å². The normalized spacial score (nSPS) is 10.2. The van der Waals surface area contributed by atoms with Gasteiger partial charge in [-0.05, 0) is 70.1 Å². The Balaban J connectivity index is 1.75. The summed E-state index contributed by atoms with van der Waals surface area (Å²) in [4.78, 5) is 12.2. The summed E-state index contributed by atoms with van der Waals surface area (Å²) in [6.45, 7) is 0. The first-order chi connectivity index (χ1) is 10.7. The largest absolute Gasteiger partial charge is 0.322 e. The molecule has 1 amide bonds. The average Bonchev–Trinajstić information content (AvgIpc) is 2.58. The lowest BCUT2D eigenvalue weighted by atomic mass is 10.0. The van der Waals surface area contributed by atoms with E-state index >= 15 is 0 Å². The van der Waals surface area contributed by atoms with Crippen LogP contribution in [0.3, 0.4) is 0 Å². The van der Waals surface area contributed by atoms with Crippen LogP contribution in [-0.2, 0) is 0 Å². The van der Waals surface area contributed by atoms with Crippen molar-refractivity contribution in [3.05, 3.63) is 88.0 Å². The zero-order valence-corrected chi connectivity index (χ0v) is 13.9. The van der Waals surface area contributed by atoms with E-state index in [2.05, 4.69) is 40.0 Å². The highest BCUT2D eigenvalue weighted by Crippen LogP contribution is 2.20. The standard InChI is InChI=1S/C19H14INO/c20-17-10-12-18(13-11-17)21-19(22)16-8-6-15(7-9-16)14-4-2-1-3-5-14/h1-13H,(H,21,22). The molecule has 0 aliphatic heterocycles. The molecule has 0 aromatic heterocycles. The molecule has 22 heavy (non-hydrogen) atoms. The molecule has 0 unspecified atom stereocenters. The van der Waals surface area contributed by atoms with E-state index in [4.69, 9.17) is 0 Å². The van der Waals surface area contributed by atoms with Crippen molar-refractivity contribution in [3.63, 3.8) is 0 Å². The van der Waals surface area contributed by atoms with E-state index in [0.717, 1.165) is 20.4 Å². The highest BCUT2D eigenvalue weighted by Gasteiger charge is 2.06. The summed E-state index contributed by atoms with van der Waals surface area (Å²) in [5.41, 5.74) is 3.70. The third-order valence-corrected chi connectivity index (χ3v) is 4.08. The van der Waals surface area contributed by atoms with E-state index in [1.165, 1.54) is 0 Å². The second-order valence-electron chi connectivity index (χ2n) is 4.90. The first kappa shape index (κ1) is 14.8. The van der Waals surface area contributed by atoms with Crippen LogP contribution < -0.4 is 5.32 Å². The molecule has 108 valence electrons. The van der Waals surface area contributed by atoms with Crippen molar-refractivity contribution in [2.45, 2.75) is 0 Å². The van der Waals surface area contributed by atoms with Gasteiger partial charge in [0.25, 0.3) is 5.91 Å². The van der Waals surface area contributed by atoms with Crippen molar-refractivity contribution in [2.24, 2.45) is 0 Å². The molecule has 3 aromatic rings. The van der Waals surface area contributed by atoms with Gasteiger partial charge in [0, 0.05) is 14.8 Å². The summed E-state index contributed by atoms with van der Waals surface area (Å²) < 4.78 is 1.14. The van der Waals surface area contributed by atoms with Crippen molar-refractivity contribution in [1.82, 2.24) is 0 Å². The van der Waals surface area contributed by atoms with Crippen LogP contribution in [0.15, 0.2) is 78.9 Å². The van der Waals surface area contributed by atoms with E-state index in [1.807, 2.05) is 66.7 Å². The summed E-state index contributed by atoms with van der Waals surface area (Å²) in [6.07, 6.45) is 0. The monoisotopic (exact) mass is 399 g/mol. The molecular weight excluding hydrogens is 385 g/mol. The lowest BCUT2D eigenvalue weighted by Gasteiger charge is -2.07. The minimum absolute atomic E-state index is 0.0965. The van der Waals surface area contributed by atoms with Gasteiger partial charge >= 0.3 is 0 Å². The number of hydrogen-bond donors (Lipinski definition) is 1. The number of amides is 1. The number of nitrogens with one attached hydrogen (secondary N) is 1. The molecule has 1 N–H and O–H groups in total. The second-order valence-corrected chi connectivity index (χ2v) is 6.15. The Morgan fingerprint density at radius 2 is 1.32 bits per heavy atom. The molecule has 3 aromatic carbocycles. The van der Waals surface area contributed by atoms with Crippen LogP contribution in [0.4, 0.5) is 5.69 Å². The Bertz CT molecular complexity index is 765. The van der Waals surface area contributed by atoms with Gasteiger partial charge in [-0.3, -0.25) is 4.79 Å². The summed E-state index contributed by atoms with van der Waals surface area (Å²) in [5.74, 6) is -0.0965. The number of anilines is 1. The topological polar surface area (TPSA) is 29.1 Å². The SMILES string of the molecule is O=C(Nc1ccc(I)cc1)c1ccc(-c2ccccc2)cc1. The predicted octanol–water partition coefficient (Wildman–Crippen LogP) is 5.21. The number of carbonyl (C=O) groups is 1. The Morgan fingerprint density at radius 3 is 1.95 bits per heavy atom. The van der Waals surface area contributed by atoms with Crippen LogP contribution >= 0.6 is 22.6 Å². The van der Waals surface area contributed by atoms with Gasteiger partial charge in [-0.25, -0.2) is 0 Å². The van der Waals surface area contributed by atoms with Gasteiger partial charge in [-0.1, -0.05) is 42.5 Å². The van der Waals surface area contributed by atoms with Crippen LogP contribution in [0.25, 0.3) is 11.1 Å². The number of benzene rings is 3. The van der Waals surface area contributed by atoms with Crippen molar-refractivity contribution in [1.29, 1.82) is 0 Å². The predicted molar refractivity (Wildman–Crippen MR) is 99.0 cm³/mol. The van der Waals surface area contributed by atoms with Crippen LogP contribution in [0, 0.1) is 3.57 Å². The van der Waals surface area contributed by atoms with Crippen LogP contribution in [-0.4, -0.2) is 5.91 Å². The third kappa shape index (κ3) is 3.54. The highest BCUT2D eigenvalue weighted by atomic mass is 127. The maximum Gasteiger partial charge on any atom is 0.255 e. The molecule has 0 saturated carbocycles. The number of rotatable bonds is 3. The molecule has 2 nitrogen and oxygen atoms in total. The van der Waals surface area contributed by atoms with Crippen LogP contribution in [0.1, 0.15) is 10.4 Å². The zero-order chi connectivity index (χ0) is 15.4. The van der Waals surface area contributed by atoms with Crippen molar-refractivity contribution in [3.8, 4) is 11.1 Å². The molecular formula is C19H14INO. The van der Waals surface area contributed by atoms with Gasteiger partial charge in [0.2, 0.25) is 0 Å². The first-order valence-electron chi connectivity index (χ1n) is 6.95. The number of carbonyl (C=O) groups excluding carboxylic acids is 1. The van der Waals surface area contributed by atoms with Crippen LogP contribution in [0.2, 0.25) is 0 Å². The fourth-order valence-corrected chi connectivity index (χ4v) is 2.54. The fraction of sp³-hybridized carbons (Fsp3) is 0. The molecule has 0 aliphatic rings. The van der Waals surface area contributed by atoms with E-state index in [9.17, 15) is 4.79 Å². The first-order valence-corrected chi connectivity index (χ1v) is 8.03. The van der Waals surface area contributed by atoms with Crippen LogP contribution in [0.5, 0.6) is 0 Å². The second kappa shape index (κ2) is 6.75. The number of halogens is 1. The Kier molecular flexibility index (Phi) is 4.53. The van der Waals surface area contributed by atoms with E-state index in [-0.39, 0.29) is 5.91 Å². The highest BCUT2D eigenvalue weighted by molar-refractivity contribution is 14.1. The molecule has 0 atom stereocenters. The Hall–Kier alpha value is -2.14. The number of hydrogen-bond acceptors (Lipinski definition) is 1. The molecule has 0 radical (unpaired) electrons. The average molecular weight is 399 g/mol. The summed E-state index contributed by atoms with van der Waals surface area (Å²) >= 11 is 2.24. The molecule has 0 fully saturated rings. The summed E-state index contributed by atoms with van der Waals surface area (Å²) in [6, 6.07) is 25.5. The Morgan fingerprint density at radius 1 is 0.727 bits per heavy atom. The molecule has 0 spiro atoms. The van der Waals surface area contributed by atoms with Crippen molar-refractivity contribution in [2.75, 3.05) is 5.32 Å². The molecule has 3 rings (SSSR count). The van der Waals surface area contributed by atoms with E-state index in [0.29, 0.717) is 5.56 Å². The molecule has 0 saturated heterocycles. The smallest absolute Gasteiger partial charge is 0.255 e. The molecule has 0 bridgehead atoms. The van der Waals surface area contributed by atoms with Gasteiger partial charge in [-0.15, -0.1) is 0 Å². The summed E-state index contributed by atoms with van der Waals surface area (Å²) in [5, 5.41) is 2.90. The quantitative estimate of drug-likeness (QED) is 0.602. The minimum Gasteiger partial charge on any atom is -0.322 e. The van der Waals surface area contributed by atoms with Crippen molar-refractivity contribution < 1.29 is 4.79 Å². The third-order valence-electron chi connectivity index (χ3n) is 3.36. The maximum atomic E-state index is 12.2. The van der Waals surface area contributed by atoms with Gasteiger partial charge in [0.05, 0.1) is 0 Å². The molecule has 3 heteroatoms. The summed E-state index contributed by atoms with van der Waals surface area (Å²) in [7, 11) is 0. The molecule has 0 heterocycles. The zero-order valence-electron chi connectivity index (χ0n) is 11.8. The lowest BCUT2D eigenvalue weighted by molar-refractivity contribution is 0.102. The van der Waals surface area contributed by atoms with Gasteiger partial charge < -0.3 is 5.32 Å².